The topological polar surface area (TPSA) is 78.9 Å². The van der Waals surface area contributed by atoms with Crippen LogP contribution < -0.4 is 0 Å². The van der Waals surface area contributed by atoms with Gasteiger partial charge >= 0.3 is 17.9 Å². The first kappa shape index (κ1) is 79.4. The fourth-order valence-corrected chi connectivity index (χ4v) is 12.0. The molecule has 0 aliphatic carbocycles. The Kier molecular flexibility index (Phi) is 69.5. The monoisotopic (exact) mass is 1140 g/mol. The second-order valence-electron chi connectivity index (χ2n) is 25.9. The fraction of sp³-hybridized carbons (Fsp3) is 0.960. The molecule has 0 aromatic heterocycles. The predicted molar refractivity (Wildman–Crippen MR) is 354 cm³/mol. The Morgan fingerprint density at radius 1 is 0.198 bits per heavy atom. The van der Waals surface area contributed by atoms with Gasteiger partial charge in [0.05, 0.1) is 0 Å². The molecular formula is C75H146O6. The second-order valence-corrected chi connectivity index (χ2v) is 25.9. The van der Waals surface area contributed by atoms with Gasteiger partial charge < -0.3 is 14.2 Å². The van der Waals surface area contributed by atoms with Crippen molar-refractivity contribution in [3.8, 4) is 0 Å². The number of hydrogen-bond acceptors (Lipinski definition) is 6. The van der Waals surface area contributed by atoms with Gasteiger partial charge in [0.1, 0.15) is 13.2 Å². The quantitative estimate of drug-likeness (QED) is 0.0343. The Balaban J connectivity index is 4.14. The summed E-state index contributed by atoms with van der Waals surface area (Å²) in [6.07, 6.45) is 84.4. The minimum absolute atomic E-state index is 0.0601. The largest absolute Gasteiger partial charge is 0.462 e. The van der Waals surface area contributed by atoms with Crippen molar-refractivity contribution in [3.05, 3.63) is 0 Å². The minimum atomic E-state index is -0.763. The van der Waals surface area contributed by atoms with E-state index in [0.29, 0.717) is 19.3 Å². The lowest BCUT2D eigenvalue weighted by Gasteiger charge is -2.18. The highest BCUT2D eigenvalue weighted by Gasteiger charge is 2.20. The highest BCUT2D eigenvalue weighted by molar-refractivity contribution is 5.71. The standard InChI is InChI=1S/C75H146O6/c1-4-7-10-13-16-19-22-25-27-29-31-33-35-37-39-40-42-44-46-48-50-53-56-59-62-65-68-74(77)80-71-72(70-79-73(76)67-64-61-58-55-52-24-21-18-15-12-9-6-3)81-75(78)69-66-63-60-57-54-51-49-47-45-43-41-38-36-34-32-30-28-26-23-20-17-14-11-8-5-2/h72H,4-71H2,1-3H3. The summed E-state index contributed by atoms with van der Waals surface area (Å²) in [4.78, 5) is 38.4. The van der Waals surface area contributed by atoms with Crippen molar-refractivity contribution < 1.29 is 28.6 Å². The van der Waals surface area contributed by atoms with Crippen LogP contribution in [0.3, 0.4) is 0 Å². The molecule has 6 heteroatoms. The van der Waals surface area contributed by atoms with Crippen LogP contribution in [0.15, 0.2) is 0 Å². The summed E-state index contributed by atoms with van der Waals surface area (Å²) in [5.41, 5.74) is 0. The third-order valence-electron chi connectivity index (χ3n) is 17.6. The molecule has 0 spiro atoms. The molecule has 0 saturated heterocycles. The minimum Gasteiger partial charge on any atom is -0.462 e. The second kappa shape index (κ2) is 70.9. The SMILES string of the molecule is CCCCCCCCCCCCCCCCCCCCCCCCCCCCC(=O)OCC(COC(=O)CCCCCCCCCCCCCC)OC(=O)CCCCCCCCCCCCCCCCCCCCCCCCCCC. The van der Waals surface area contributed by atoms with Crippen LogP contribution in [0.25, 0.3) is 0 Å². The lowest BCUT2D eigenvalue weighted by Crippen LogP contribution is -2.30. The van der Waals surface area contributed by atoms with Gasteiger partial charge in [-0.15, -0.1) is 0 Å². The van der Waals surface area contributed by atoms with E-state index in [2.05, 4.69) is 20.8 Å². The van der Waals surface area contributed by atoms with E-state index < -0.39 is 6.10 Å². The smallest absolute Gasteiger partial charge is 0.306 e. The molecule has 0 aromatic carbocycles. The van der Waals surface area contributed by atoms with Crippen molar-refractivity contribution in [2.45, 2.75) is 451 Å². The number of hydrogen-bond donors (Lipinski definition) is 0. The molecule has 482 valence electrons. The van der Waals surface area contributed by atoms with Crippen LogP contribution in [0, 0.1) is 0 Å². The number of ether oxygens (including phenoxy) is 3. The zero-order chi connectivity index (χ0) is 58.5. The lowest BCUT2D eigenvalue weighted by molar-refractivity contribution is -0.167. The zero-order valence-electron chi connectivity index (χ0n) is 55.6. The number of unbranched alkanes of at least 4 members (excludes halogenated alkanes) is 60. The van der Waals surface area contributed by atoms with E-state index in [4.69, 9.17) is 14.2 Å². The molecular weight excluding hydrogens is 997 g/mol. The third-order valence-corrected chi connectivity index (χ3v) is 17.6. The van der Waals surface area contributed by atoms with Crippen molar-refractivity contribution in [1.29, 1.82) is 0 Å². The average molecular weight is 1140 g/mol. The number of carbonyl (C=O) groups is 3. The van der Waals surface area contributed by atoms with Gasteiger partial charge in [0, 0.05) is 19.3 Å². The van der Waals surface area contributed by atoms with E-state index in [1.54, 1.807) is 0 Å². The molecule has 81 heavy (non-hydrogen) atoms. The van der Waals surface area contributed by atoms with Crippen LogP contribution in [0.2, 0.25) is 0 Å². The third kappa shape index (κ3) is 69.1. The molecule has 0 heterocycles. The maximum atomic E-state index is 13.0. The predicted octanol–water partition coefficient (Wildman–Crippen LogP) is 25.8. The van der Waals surface area contributed by atoms with Crippen molar-refractivity contribution in [2.24, 2.45) is 0 Å². The van der Waals surface area contributed by atoms with Gasteiger partial charge in [-0.25, -0.2) is 0 Å². The highest BCUT2D eigenvalue weighted by atomic mass is 16.6. The average Bonchev–Trinajstić information content (AvgIpc) is 3.47. The van der Waals surface area contributed by atoms with Crippen molar-refractivity contribution in [1.82, 2.24) is 0 Å². The van der Waals surface area contributed by atoms with Gasteiger partial charge in [-0.1, -0.05) is 406 Å². The van der Waals surface area contributed by atoms with E-state index in [1.165, 1.54) is 347 Å². The van der Waals surface area contributed by atoms with Crippen LogP contribution >= 0.6 is 0 Å². The Bertz CT molecular complexity index is 1220. The Morgan fingerprint density at radius 2 is 0.333 bits per heavy atom. The molecule has 0 aromatic rings. The molecule has 0 bridgehead atoms. The highest BCUT2D eigenvalue weighted by Crippen LogP contribution is 2.20. The maximum absolute atomic E-state index is 13.0. The van der Waals surface area contributed by atoms with E-state index in [-0.39, 0.29) is 31.1 Å². The molecule has 0 N–H and O–H groups in total. The van der Waals surface area contributed by atoms with Gasteiger partial charge in [-0.3, -0.25) is 14.4 Å². The van der Waals surface area contributed by atoms with Gasteiger partial charge in [-0.05, 0) is 19.3 Å². The summed E-state index contributed by atoms with van der Waals surface area (Å²) < 4.78 is 17.0. The molecule has 1 atom stereocenters. The van der Waals surface area contributed by atoms with Gasteiger partial charge in [0.25, 0.3) is 0 Å². The van der Waals surface area contributed by atoms with Crippen molar-refractivity contribution in [2.75, 3.05) is 13.2 Å². The molecule has 0 radical (unpaired) electrons. The van der Waals surface area contributed by atoms with Gasteiger partial charge in [-0.2, -0.15) is 0 Å². The summed E-state index contributed by atoms with van der Waals surface area (Å²) in [6.45, 7) is 6.75. The van der Waals surface area contributed by atoms with Crippen LogP contribution in [-0.2, 0) is 28.6 Å². The molecule has 6 nitrogen and oxygen atoms in total. The van der Waals surface area contributed by atoms with E-state index in [9.17, 15) is 14.4 Å². The molecule has 0 aliphatic heterocycles. The summed E-state index contributed by atoms with van der Waals surface area (Å²) in [5, 5.41) is 0. The van der Waals surface area contributed by atoms with E-state index in [0.717, 1.165) is 57.8 Å². The Labute approximate surface area is 508 Å². The first-order valence-corrected chi connectivity index (χ1v) is 37.5. The molecule has 0 saturated carbocycles. The van der Waals surface area contributed by atoms with E-state index >= 15 is 0 Å². The Hall–Kier alpha value is -1.59. The van der Waals surface area contributed by atoms with Gasteiger partial charge in [0.15, 0.2) is 6.10 Å². The lowest BCUT2D eigenvalue weighted by atomic mass is 10.0. The molecule has 0 rings (SSSR count). The summed E-state index contributed by atoms with van der Waals surface area (Å²) in [6, 6.07) is 0. The molecule has 0 amide bonds. The van der Waals surface area contributed by atoms with Crippen LogP contribution in [0.5, 0.6) is 0 Å². The van der Waals surface area contributed by atoms with Crippen LogP contribution in [0.1, 0.15) is 445 Å². The normalized spacial score (nSPS) is 11.9. The molecule has 0 fully saturated rings. The fourth-order valence-electron chi connectivity index (χ4n) is 12.0. The van der Waals surface area contributed by atoms with Crippen LogP contribution in [0.4, 0.5) is 0 Å². The van der Waals surface area contributed by atoms with Crippen molar-refractivity contribution >= 4 is 17.9 Å². The first-order valence-electron chi connectivity index (χ1n) is 37.5. The van der Waals surface area contributed by atoms with Crippen molar-refractivity contribution in [3.63, 3.8) is 0 Å². The number of rotatable bonds is 71. The molecule has 1 unspecified atom stereocenters. The maximum Gasteiger partial charge on any atom is 0.306 e. The summed E-state index contributed by atoms with van der Waals surface area (Å²) in [5.74, 6) is -0.818. The van der Waals surface area contributed by atoms with Gasteiger partial charge in [0.2, 0.25) is 0 Å². The van der Waals surface area contributed by atoms with E-state index in [1.807, 2.05) is 0 Å². The number of esters is 3. The Morgan fingerprint density at radius 3 is 0.494 bits per heavy atom. The zero-order valence-corrected chi connectivity index (χ0v) is 55.6. The first-order chi connectivity index (χ1) is 40.0. The summed E-state index contributed by atoms with van der Waals surface area (Å²) in [7, 11) is 0. The molecule has 0 aliphatic rings. The van der Waals surface area contributed by atoms with Crippen LogP contribution in [-0.4, -0.2) is 37.2 Å². The number of carbonyl (C=O) groups excluding carboxylic acids is 3. The summed E-state index contributed by atoms with van der Waals surface area (Å²) >= 11 is 0.